The Labute approximate surface area is 94.3 Å². The molecule has 0 aliphatic carbocycles. The summed E-state index contributed by atoms with van der Waals surface area (Å²) < 4.78 is 0. The van der Waals surface area contributed by atoms with Gasteiger partial charge in [0.05, 0.1) is 0 Å². The lowest BCUT2D eigenvalue weighted by atomic mass is 10.0. The molecule has 16 heavy (non-hydrogen) atoms. The van der Waals surface area contributed by atoms with Gasteiger partial charge in [-0.25, -0.2) is 0 Å². The highest BCUT2D eigenvalue weighted by molar-refractivity contribution is 5.98. The van der Waals surface area contributed by atoms with E-state index in [1.165, 1.54) is 6.92 Å². The maximum absolute atomic E-state index is 11.8. The number of carbonyl (C=O) groups is 2. The van der Waals surface area contributed by atoms with Gasteiger partial charge in [0.25, 0.3) is 5.91 Å². The molecule has 1 aromatic rings. The first-order chi connectivity index (χ1) is 7.43. The number of carboxylic acid groups (broad SMARTS) is 1. The van der Waals surface area contributed by atoms with Crippen LogP contribution < -0.4 is 5.32 Å². The molecule has 1 amide bonds. The van der Waals surface area contributed by atoms with E-state index in [2.05, 4.69) is 5.32 Å². The van der Waals surface area contributed by atoms with Crippen molar-refractivity contribution >= 4 is 11.9 Å². The number of nitrogens with one attached hydrogen (secondary N) is 1. The number of hydrogen-bond acceptors (Lipinski definition) is 2. The number of rotatable bonds is 3. The monoisotopic (exact) mass is 221 g/mol. The van der Waals surface area contributed by atoms with Gasteiger partial charge in [0.2, 0.25) is 0 Å². The summed E-state index contributed by atoms with van der Waals surface area (Å²) in [5.41, 5.74) is 2.24. The first kappa shape index (κ1) is 12.2. The SMILES string of the molecule is Cc1cccc(C)c1C(=O)N[C@H](C)C(=O)O. The Bertz CT molecular complexity index is 406. The van der Waals surface area contributed by atoms with Gasteiger partial charge in [-0.2, -0.15) is 0 Å². The van der Waals surface area contributed by atoms with E-state index in [1.807, 2.05) is 32.0 Å². The van der Waals surface area contributed by atoms with Gasteiger partial charge in [0.1, 0.15) is 6.04 Å². The van der Waals surface area contributed by atoms with Gasteiger partial charge in [-0.3, -0.25) is 9.59 Å². The smallest absolute Gasteiger partial charge is 0.325 e. The lowest BCUT2D eigenvalue weighted by molar-refractivity contribution is -0.138. The van der Waals surface area contributed by atoms with Crippen LogP contribution in [-0.4, -0.2) is 23.0 Å². The van der Waals surface area contributed by atoms with Crippen LogP contribution in [-0.2, 0) is 4.79 Å². The average molecular weight is 221 g/mol. The summed E-state index contributed by atoms with van der Waals surface area (Å²) in [5, 5.41) is 11.1. The van der Waals surface area contributed by atoms with Gasteiger partial charge in [-0.1, -0.05) is 18.2 Å². The molecular weight excluding hydrogens is 206 g/mol. The van der Waals surface area contributed by atoms with Crippen LogP contribution in [0.15, 0.2) is 18.2 Å². The van der Waals surface area contributed by atoms with Crippen LogP contribution in [0.3, 0.4) is 0 Å². The van der Waals surface area contributed by atoms with Crippen LogP contribution in [0.25, 0.3) is 0 Å². The summed E-state index contributed by atoms with van der Waals surface area (Å²) in [7, 11) is 0. The number of hydrogen-bond donors (Lipinski definition) is 2. The molecule has 0 aliphatic rings. The second kappa shape index (κ2) is 4.79. The summed E-state index contributed by atoms with van der Waals surface area (Å²) in [5.74, 6) is -1.38. The highest BCUT2D eigenvalue weighted by Crippen LogP contribution is 2.13. The second-order valence-corrected chi connectivity index (χ2v) is 3.80. The van der Waals surface area contributed by atoms with E-state index in [0.29, 0.717) is 5.56 Å². The van der Waals surface area contributed by atoms with E-state index in [1.54, 1.807) is 0 Å². The zero-order chi connectivity index (χ0) is 12.3. The van der Waals surface area contributed by atoms with Crippen molar-refractivity contribution in [3.63, 3.8) is 0 Å². The van der Waals surface area contributed by atoms with E-state index >= 15 is 0 Å². The highest BCUT2D eigenvalue weighted by atomic mass is 16.4. The fraction of sp³-hybridized carbons (Fsp3) is 0.333. The van der Waals surface area contributed by atoms with E-state index in [-0.39, 0.29) is 5.91 Å². The van der Waals surface area contributed by atoms with Crippen LogP contribution in [0.5, 0.6) is 0 Å². The van der Waals surface area contributed by atoms with Gasteiger partial charge < -0.3 is 10.4 Å². The van der Waals surface area contributed by atoms with E-state index in [4.69, 9.17) is 5.11 Å². The Kier molecular flexibility index (Phi) is 3.66. The molecule has 0 saturated carbocycles. The third-order valence-corrected chi connectivity index (χ3v) is 2.43. The fourth-order valence-corrected chi connectivity index (χ4v) is 1.50. The van der Waals surface area contributed by atoms with Crippen LogP contribution in [0.1, 0.15) is 28.4 Å². The quantitative estimate of drug-likeness (QED) is 0.813. The zero-order valence-electron chi connectivity index (χ0n) is 9.57. The predicted molar refractivity (Wildman–Crippen MR) is 60.5 cm³/mol. The Hall–Kier alpha value is -1.84. The third kappa shape index (κ3) is 2.59. The molecule has 0 radical (unpaired) electrons. The van der Waals surface area contributed by atoms with Crippen molar-refractivity contribution in [1.82, 2.24) is 5.32 Å². The largest absolute Gasteiger partial charge is 0.480 e. The van der Waals surface area contributed by atoms with Crippen molar-refractivity contribution in [2.75, 3.05) is 0 Å². The first-order valence-corrected chi connectivity index (χ1v) is 5.03. The van der Waals surface area contributed by atoms with Crippen LogP contribution >= 0.6 is 0 Å². The minimum absolute atomic E-state index is 0.342. The maximum atomic E-state index is 11.8. The second-order valence-electron chi connectivity index (χ2n) is 3.80. The molecule has 1 atom stereocenters. The Morgan fingerprint density at radius 2 is 1.75 bits per heavy atom. The molecule has 86 valence electrons. The lowest BCUT2D eigenvalue weighted by Gasteiger charge is -2.12. The minimum Gasteiger partial charge on any atom is -0.480 e. The summed E-state index contributed by atoms with van der Waals surface area (Å²) in [6.45, 7) is 5.09. The van der Waals surface area contributed by atoms with Crippen molar-refractivity contribution in [1.29, 1.82) is 0 Å². The highest BCUT2D eigenvalue weighted by Gasteiger charge is 2.17. The summed E-state index contributed by atoms with van der Waals surface area (Å²) in [4.78, 5) is 22.4. The molecule has 0 unspecified atom stereocenters. The number of amides is 1. The maximum Gasteiger partial charge on any atom is 0.325 e. The molecule has 0 saturated heterocycles. The topological polar surface area (TPSA) is 66.4 Å². The molecule has 0 bridgehead atoms. The molecule has 0 heterocycles. The number of aryl methyl sites for hydroxylation is 2. The van der Waals surface area contributed by atoms with E-state index < -0.39 is 12.0 Å². The molecule has 0 aromatic heterocycles. The number of benzene rings is 1. The molecular formula is C12H15NO3. The normalized spacial score (nSPS) is 11.9. The van der Waals surface area contributed by atoms with Crippen molar-refractivity contribution < 1.29 is 14.7 Å². The molecule has 4 heteroatoms. The van der Waals surface area contributed by atoms with Gasteiger partial charge in [0, 0.05) is 5.56 Å². The fourth-order valence-electron chi connectivity index (χ4n) is 1.50. The number of carbonyl (C=O) groups excluding carboxylic acids is 1. The van der Waals surface area contributed by atoms with Crippen molar-refractivity contribution in [2.24, 2.45) is 0 Å². The molecule has 1 aromatic carbocycles. The van der Waals surface area contributed by atoms with Crippen molar-refractivity contribution in [2.45, 2.75) is 26.8 Å². The van der Waals surface area contributed by atoms with E-state index in [9.17, 15) is 9.59 Å². The molecule has 1 rings (SSSR count). The van der Waals surface area contributed by atoms with E-state index in [0.717, 1.165) is 11.1 Å². The van der Waals surface area contributed by atoms with Crippen LogP contribution in [0.2, 0.25) is 0 Å². The molecule has 4 nitrogen and oxygen atoms in total. The Morgan fingerprint density at radius 1 is 1.25 bits per heavy atom. The summed E-state index contributed by atoms with van der Waals surface area (Å²) in [6, 6.07) is 4.63. The summed E-state index contributed by atoms with van der Waals surface area (Å²) >= 11 is 0. The van der Waals surface area contributed by atoms with Crippen molar-refractivity contribution in [3.05, 3.63) is 34.9 Å². The molecule has 0 aliphatic heterocycles. The van der Waals surface area contributed by atoms with Gasteiger partial charge in [0.15, 0.2) is 0 Å². The first-order valence-electron chi connectivity index (χ1n) is 5.03. The standard InChI is InChI=1S/C12H15NO3/c1-7-5-4-6-8(2)10(7)11(14)13-9(3)12(15)16/h4-6,9H,1-3H3,(H,13,14)(H,15,16)/t9-/m1/s1. The number of aliphatic carboxylic acids is 1. The molecule has 0 spiro atoms. The average Bonchev–Trinajstić information content (AvgIpc) is 2.16. The summed E-state index contributed by atoms with van der Waals surface area (Å²) in [6.07, 6.45) is 0. The van der Waals surface area contributed by atoms with Crippen molar-refractivity contribution in [3.8, 4) is 0 Å². The van der Waals surface area contributed by atoms with Gasteiger partial charge in [-0.05, 0) is 31.9 Å². The van der Waals surface area contributed by atoms with Crippen LogP contribution in [0, 0.1) is 13.8 Å². The molecule has 2 N–H and O–H groups in total. The van der Waals surface area contributed by atoms with Crippen LogP contribution in [0.4, 0.5) is 0 Å². The number of carboxylic acids is 1. The lowest BCUT2D eigenvalue weighted by Crippen LogP contribution is -2.38. The zero-order valence-corrected chi connectivity index (χ0v) is 9.57. The Morgan fingerprint density at radius 3 is 2.19 bits per heavy atom. The van der Waals surface area contributed by atoms with Gasteiger partial charge >= 0.3 is 5.97 Å². The predicted octanol–water partition coefficient (Wildman–Crippen LogP) is 1.51. The third-order valence-electron chi connectivity index (χ3n) is 2.43. The molecule has 0 fully saturated rings. The minimum atomic E-state index is -1.04. The van der Waals surface area contributed by atoms with Gasteiger partial charge in [-0.15, -0.1) is 0 Å². The Balaban J connectivity index is 2.93.